The molecule has 0 aliphatic carbocycles. The van der Waals surface area contributed by atoms with Crippen molar-refractivity contribution >= 4 is 17.9 Å². The predicted molar refractivity (Wildman–Crippen MR) is 157 cm³/mol. The van der Waals surface area contributed by atoms with Crippen molar-refractivity contribution < 1.29 is 28.6 Å². The first-order valence-corrected chi connectivity index (χ1v) is 13.7. The minimum Gasteiger partial charge on any atom is -0.496 e. The molecule has 8 nitrogen and oxygen atoms in total. The third-order valence-corrected chi connectivity index (χ3v) is 7.20. The zero-order chi connectivity index (χ0) is 29.5. The molecule has 3 unspecified atom stereocenters. The number of urea groups is 1. The number of benzene rings is 4. The quantitative estimate of drug-likeness (QED) is 0.190. The van der Waals surface area contributed by atoms with Crippen LogP contribution in [0, 0.1) is 5.92 Å². The van der Waals surface area contributed by atoms with Gasteiger partial charge in [-0.2, -0.15) is 0 Å². The van der Waals surface area contributed by atoms with Crippen molar-refractivity contribution in [2.75, 3.05) is 7.11 Å². The third-order valence-electron chi connectivity index (χ3n) is 7.20. The Morgan fingerprint density at radius 2 is 1.50 bits per heavy atom. The Labute approximate surface area is 244 Å². The molecule has 4 aromatic rings. The van der Waals surface area contributed by atoms with Crippen LogP contribution in [-0.4, -0.2) is 36.1 Å². The Bertz CT molecular complexity index is 1520. The highest BCUT2D eigenvalue weighted by Crippen LogP contribution is 2.35. The lowest BCUT2D eigenvalue weighted by Gasteiger charge is -2.45. The van der Waals surface area contributed by atoms with Crippen LogP contribution in [-0.2, 0) is 22.6 Å². The fourth-order valence-corrected chi connectivity index (χ4v) is 4.87. The van der Waals surface area contributed by atoms with Gasteiger partial charge < -0.3 is 19.5 Å². The van der Waals surface area contributed by atoms with Crippen molar-refractivity contribution in [3.8, 4) is 11.5 Å². The van der Waals surface area contributed by atoms with E-state index in [-0.39, 0.29) is 18.6 Å². The lowest BCUT2D eigenvalue weighted by atomic mass is 9.88. The Hall–Kier alpha value is -5.11. The van der Waals surface area contributed by atoms with Gasteiger partial charge in [0.15, 0.2) is 6.23 Å². The third kappa shape index (κ3) is 6.44. The highest BCUT2D eigenvalue weighted by Gasteiger charge is 2.53. The smallest absolute Gasteiger partial charge is 0.338 e. The van der Waals surface area contributed by atoms with Crippen molar-refractivity contribution in [3.63, 3.8) is 0 Å². The Kier molecular flexibility index (Phi) is 8.82. The first kappa shape index (κ1) is 28.4. The molecule has 1 N–H and O–H groups in total. The van der Waals surface area contributed by atoms with Gasteiger partial charge in [-0.1, -0.05) is 78.9 Å². The monoisotopic (exact) mass is 564 g/mol. The van der Waals surface area contributed by atoms with Gasteiger partial charge >= 0.3 is 12.0 Å². The molecule has 3 atom stereocenters. The lowest BCUT2D eigenvalue weighted by molar-refractivity contribution is -0.166. The number of methoxy groups -OCH3 is 1. The number of imide groups is 1. The van der Waals surface area contributed by atoms with E-state index in [1.165, 1.54) is 0 Å². The number of carbonyl (C=O) groups excluding carboxylic acids is 3. The molecule has 8 heteroatoms. The normalized spacial score (nSPS) is 16.6. The number of ether oxygens (including phenoxy) is 3. The number of nitrogens with one attached hydrogen (secondary N) is 1. The second kappa shape index (κ2) is 13.0. The highest BCUT2D eigenvalue weighted by molar-refractivity contribution is 6.01. The van der Waals surface area contributed by atoms with Gasteiger partial charge in [-0.05, 0) is 60.4 Å². The first-order chi connectivity index (χ1) is 20.4. The second-order valence-electron chi connectivity index (χ2n) is 10.0. The van der Waals surface area contributed by atoms with E-state index in [2.05, 4.69) is 5.32 Å². The Balaban J connectivity index is 1.30. The summed E-state index contributed by atoms with van der Waals surface area (Å²) in [5.41, 5.74) is 3.00. The van der Waals surface area contributed by atoms with Gasteiger partial charge in [0.1, 0.15) is 18.1 Å². The summed E-state index contributed by atoms with van der Waals surface area (Å²) >= 11 is 0. The summed E-state index contributed by atoms with van der Waals surface area (Å²) < 4.78 is 17.1. The molecule has 1 fully saturated rings. The molecule has 0 saturated carbocycles. The molecule has 0 spiro atoms. The molecule has 1 saturated heterocycles. The average molecular weight is 565 g/mol. The van der Waals surface area contributed by atoms with Crippen molar-refractivity contribution in [1.29, 1.82) is 0 Å². The number of rotatable bonds is 10. The van der Waals surface area contributed by atoms with Crippen LogP contribution in [0.2, 0.25) is 0 Å². The number of hydrogen-bond acceptors (Lipinski definition) is 6. The van der Waals surface area contributed by atoms with Crippen molar-refractivity contribution in [2.24, 2.45) is 5.92 Å². The zero-order valence-corrected chi connectivity index (χ0v) is 23.4. The summed E-state index contributed by atoms with van der Waals surface area (Å²) in [6.45, 7) is 2.02. The van der Waals surface area contributed by atoms with Crippen molar-refractivity contribution in [1.82, 2.24) is 10.2 Å². The van der Waals surface area contributed by atoms with E-state index in [1.807, 2.05) is 91.9 Å². The average Bonchev–Trinajstić information content (AvgIpc) is 3.03. The van der Waals surface area contributed by atoms with Gasteiger partial charge in [0.25, 0.3) is 0 Å². The number of para-hydroxylation sites is 1. The van der Waals surface area contributed by atoms with Crippen LogP contribution in [0.1, 0.15) is 40.0 Å². The van der Waals surface area contributed by atoms with E-state index in [4.69, 9.17) is 14.2 Å². The summed E-state index contributed by atoms with van der Waals surface area (Å²) in [5, 5.41) is 2.90. The van der Waals surface area contributed by atoms with E-state index in [0.717, 1.165) is 21.6 Å². The molecule has 214 valence electrons. The Morgan fingerprint density at radius 1 is 0.857 bits per heavy atom. The first-order valence-electron chi connectivity index (χ1n) is 13.7. The largest absolute Gasteiger partial charge is 0.496 e. The predicted octanol–water partition coefficient (Wildman–Crippen LogP) is 5.93. The molecule has 0 radical (unpaired) electrons. The summed E-state index contributed by atoms with van der Waals surface area (Å²) in [6, 6.07) is 32.0. The van der Waals surface area contributed by atoms with Crippen LogP contribution in [0.5, 0.6) is 11.5 Å². The van der Waals surface area contributed by atoms with Gasteiger partial charge in [0.2, 0.25) is 5.91 Å². The topological polar surface area (TPSA) is 94.2 Å². The maximum Gasteiger partial charge on any atom is 0.338 e. The highest BCUT2D eigenvalue weighted by atomic mass is 16.5. The SMILES string of the molecule is COc1ccccc1CC1C(=O)N(C(=O)NC(C)c2ccccc2)C1Oc1ccc(C(=O)OCc2ccccc2)cc1. The number of β-lactam (4-membered cyclic amide) rings is 1. The van der Waals surface area contributed by atoms with Gasteiger partial charge in [0.05, 0.1) is 24.6 Å². The van der Waals surface area contributed by atoms with Gasteiger partial charge in [-0.15, -0.1) is 0 Å². The molecule has 1 aliphatic heterocycles. The van der Waals surface area contributed by atoms with Crippen molar-refractivity contribution in [3.05, 3.63) is 131 Å². The lowest BCUT2D eigenvalue weighted by Crippen LogP contribution is -2.68. The van der Waals surface area contributed by atoms with E-state index in [1.54, 1.807) is 31.4 Å². The van der Waals surface area contributed by atoms with Crippen LogP contribution in [0.15, 0.2) is 109 Å². The summed E-state index contributed by atoms with van der Waals surface area (Å²) in [7, 11) is 1.58. The molecule has 3 amide bonds. The summed E-state index contributed by atoms with van der Waals surface area (Å²) in [6.07, 6.45) is -0.531. The summed E-state index contributed by atoms with van der Waals surface area (Å²) in [5.74, 6) is -0.359. The molecule has 4 aromatic carbocycles. The van der Waals surface area contributed by atoms with Crippen LogP contribution in [0.4, 0.5) is 4.79 Å². The van der Waals surface area contributed by atoms with Gasteiger partial charge in [-0.3, -0.25) is 4.79 Å². The molecule has 1 heterocycles. The second-order valence-corrected chi connectivity index (χ2v) is 10.0. The maximum absolute atomic E-state index is 13.3. The molecule has 5 rings (SSSR count). The van der Waals surface area contributed by atoms with E-state index < -0.39 is 24.1 Å². The minimum absolute atomic E-state index is 0.165. The van der Waals surface area contributed by atoms with Crippen LogP contribution >= 0.6 is 0 Å². The number of esters is 1. The fraction of sp³-hybridized carbons (Fsp3) is 0.206. The summed E-state index contributed by atoms with van der Waals surface area (Å²) in [4.78, 5) is 40.3. The molecule has 0 aromatic heterocycles. The van der Waals surface area contributed by atoms with E-state index in [0.29, 0.717) is 23.5 Å². The number of amides is 3. The standard InChI is InChI=1S/C34H32N2O6/c1-23(25-13-7-4-8-14-25)35-34(39)36-31(37)29(21-27-15-9-10-16-30(27)40-2)32(36)42-28-19-17-26(18-20-28)33(38)41-22-24-11-5-3-6-12-24/h3-20,23,29,32H,21-22H2,1-2H3,(H,35,39). The molecule has 1 aliphatic rings. The van der Waals surface area contributed by atoms with Gasteiger partial charge in [-0.25, -0.2) is 14.5 Å². The van der Waals surface area contributed by atoms with Gasteiger partial charge in [0, 0.05) is 0 Å². The number of hydrogen-bond donors (Lipinski definition) is 1. The number of carbonyl (C=O) groups is 3. The van der Waals surface area contributed by atoms with E-state index in [9.17, 15) is 14.4 Å². The van der Waals surface area contributed by atoms with Crippen molar-refractivity contribution in [2.45, 2.75) is 32.2 Å². The van der Waals surface area contributed by atoms with E-state index >= 15 is 0 Å². The molecule has 0 bridgehead atoms. The maximum atomic E-state index is 13.3. The number of likely N-dealkylation sites (tertiary alicyclic amines) is 1. The molecular weight excluding hydrogens is 532 g/mol. The molecular formula is C34H32N2O6. The van der Waals surface area contributed by atoms with Crippen LogP contribution < -0.4 is 14.8 Å². The number of nitrogens with zero attached hydrogens (tertiary/aromatic N) is 1. The van der Waals surface area contributed by atoms with Crippen LogP contribution in [0.25, 0.3) is 0 Å². The fourth-order valence-electron chi connectivity index (χ4n) is 4.87. The molecule has 42 heavy (non-hydrogen) atoms. The van der Waals surface area contributed by atoms with Crippen LogP contribution in [0.3, 0.4) is 0 Å². The Morgan fingerprint density at radius 3 is 2.19 bits per heavy atom. The minimum atomic E-state index is -0.860. The zero-order valence-electron chi connectivity index (χ0n) is 23.4.